The Bertz CT molecular complexity index is 272. The molecular formula is C14H25NO. The first-order valence-corrected chi connectivity index (χ1v) is 6.78. The molecule has 16 heavy (non-hydrogen) atoms. The van der Waals surface area contributed by atoms with Crippen molar-refractivity contribution in [1.29, 1.82) is 0 Å². The Hall–Kier alpha value is -0.370. The van der Waals surface area contributed by atoms with Gasteiger partial charge in [-0.3, -0.25) is 9.69 Å². The Morgan fingerprint density at radius 1 is 1.31 bits per heavy atom. The minimum absolute atomic E-state index is 0.437. The van der Waals surface area contributed by atoms with Gasteiger partial charge in [0.05, 0.1) is 0 Å². The average molecular weight is 223 g/mol. The molecule has 0 aromatic carbocycles. The van der Waals surface area contributed by atoms with Crippen molar-refractivity contribution < 1.29 is 4.79 Å². The van der Waals surface area contributed by atoms with Gasteiger partial charge in [0, 0.05) is 31.5 Å². The monoisotopic (exact) mass is 223 g/mol. The molecule has 1 aliphatic carbocycles. The van der Waals surface area contributed by atoms with Gasteiger partial charge in [0.2, 0.25) is 0 Å². The number of hydrogen-bond donors (Lipinski definition) is 0. The lowest BCUT2D eigenvalue weighted by Gasteiger charge is -2.49. The van der Waals surface area contributed by atoms with E-state index in [1.165, 1.54) is 25.7 Å². The third-order valence-electron chi connectivity index (χ3n) is 4.59. The first kappa shape index (κ1) is 12.1. The van der Waals surface area contributed by atoms with E-state index in [1.54, 1.807) is 0 Å². The summed E-state index contributed by atoms with van der Waals surface area (Å²) in [7, 11) is 0. The van der Waals surface area contributed by atoms with Crippen LogP contribution in [0.3, 0.4) is 0 Å². The van der Waals surface area contributed by atoms with E-state index in [0.717, 1.165) is 19.4 Å². The van der Waals surface area contributed by atoms with Gasteiger partial charge in [-0.2, -0.15) is 0 Å². The molecular weight excluding hydrogens is 198 g/mol. The smallest absolute Gasteiger partial charge is 0.135 e. The highest BCUT2D eigenvalue weighted by Gasteiger charge is 2.39. The van der Waals surface area contributed by atoms with Crippen LogP contribution in [0.25, 0.3) is 0 Å². The van der Waals surface area contributed by atoms with Crippen molar-refractivity contribution in [2.45, 2.75) is 71.4 Å². The van der Waals surface area contributed by atoms with Gasteiger partial charge in [0.1, 0.15) is 5.78 Å². The second-order valence-electron chi connectivity index (χ2n) is 6.33. The standard InChI is InChI=1S/C14H25NO/c1-11-10-12(16)7-9-15(11)13-6-4-5-8-14(13,2)3/h11,13H,4-10H2,1-3H3. The number of carbonyl (C=O) groups excluding carboxylic acids is 1. The van der Waals surface area contributed by atoms with Crippen LogP contribution >= 0.6 is 0 Å². The van der Waals surface area contributed by atoms with E-state index in [-0.39, 0.29) is 0 Å². The van der Waals surface area contributed by atoms with Gasteiger partial charge in [-0.1, -0.05) is 26.7 Å². The Kier molecular flexibility index (Phi) is 3.39. The lowest BCUT2D eigenvalue weighted by Crippen LogP contribution is -2.53. The molecule has 0 aromatic rings. The minimum atomic E-state index is 0.437. The Labute approximate surface area is 99.4 Å². The first-order chi connectivity index (χ1) is 7.50. The number of rotatable bonds is 1. The Morgan fingerprint density at radius 3 is 2.69 bits per heavy atom. The zero-order chi connectivity index (χ0) is 11.8. The largest absolute Gasteiger partial charge is 0.300 e. The van der Waals surface area contributed by atoms with Crippen molar-refractivity contribution in [1.82, 2.24) is 4.90 Å². The number of ketones is 1. The summed E-state index contributed by atoms with van der Waals surface area (Å²) in [6.45, 7) is 8.02. The van der Waals surface area contributed by atoms with Crippen LogP contribution in [0.4, 0.5) is 0 Å². The molecule has 2 nitrogen and oxygen atoms in total. The van der Waals surface area contributed by atoms with E-state index in [0.29, 0.717) is 23.3 Å². The van der Waals surface area contributed by atoms with Crippen LogP contribution in [0.2, 0.25) is 0 Å². The normalized spacial score (nSPS) is 36.3. The molecule has 1 aliphatic heterocycles. The predicted molar refractivity (Wildman–Crippen MR) is 66.4 cm³/mol. The van der Waals surface area contributed by atoms with Crippen LogP contribution in [0.5, 0.6) is 0 Å². The van der Waals surface area contributed by atoms with Crippen molar-refractivity contribution in [3.05, 3.63) is 0 Å². The summed E-state index contributed by atoms with van der Waals surface area (Å²) in [6.07, 6.45) is 6.96. The van der Waals surface area contributed by atoms with Gasteiger partial charge in [-0.15, -0.1) is 0 Å². The molecule has 2 atom stereocenters. The third-order valence-corrected chi connectivity index (χ3v) is 4.59. The highest BCUT2D eigenvalue weighted by Crippen LogP contribution is 2.40. The molecule has 0 amide bonds. The van der Waals surface area contributed by atoms with Crippen LogP contribution in [0, 0.1) is 5.41 Å². The van der Waals surface area contributed by atoms with Gasteiger partial charge >= 0.3 is 0 Å². The predicted octanol–water partition coefficient (Wildman–Crippen LogP) is 3.01. The molecule has 2 aliphatic rings. The minimum Gasteiger partial charge on any atom is -0.300 e. The Balaban J connectivity index is 2.08. The zero-order valence-corrected chi connectivity index (χ0v) is 11.0. The SMILES string of the molecule is CC1CC(=O)CCN1C1CCCCC1(C)C. The summed E-state index contributed by atoms with van der Waals surface area (Å²) in [5.74, 6) is 0.456. The number of carbonyl (C=O) groups is 1. The van der Waals surface area contributed by atoms with Gasteiger partial charge in [0.25, 0.3) is 0 Å². The average Bonchev–Trinajstić information content (AvgIpc) is 2.19. The van der Waals surface area contributed by atoms with Gasteiger partial charge in [-0.05, 0) is 25.2 Å². The lowest BCUT2D eigenvalue weighted by atomic mass is 9.71. The molecule has 1 heterocycles. The van der Waals surface area contributed by atoms with E-state index in [1.807, 2.05) is 0 Å². The first-order valence-electron chi connectivity index (χ1n) is 6.78. The van der Waals surface area contributed by atoms with Crippen molar-refractivity contribution in [3.63, 3.8) is 0 Å². The molecule has 0 spiro atoms. The third kappa shape index (κ3) is 2.32. The summed E-state index contributed by atoms with van der Waals surface area (Å²) < 4.78 is 0. The quantitative estimate of drug-likeness (QED) is 0.681. The van der Waals surface area contributed by atoms with Crippen molar-refractivity contribution in [3.8, 4) is 0 Å². The summed E-state index contributed by atoms with van der Waals surface area (Å²) in [4.78, 5) is 14.0. The fraction of sp³-hybridized carbons (Fsp3) is 0.929. The summed E-state index contributed by atoms with van der Waals surface area (Å²) in [5.41, 5.74) is 0.437. The molecule has 0 radical (unpaired) electrons. The van der Waals surface area contributed by atoms with Gasteiger partial charge < -0.3 is 0 Å². The zero-order valence-electron chi connectivity index (χ0n) is 11.0. The van der Waals surface area contributed by atoms with E-state index in [4.69, 9.17) is 0 Å². The maximum absolute atomic E-state index is 11.4. The van der Waals surface area contributed by atoms with E-state index in [9.17, 15) is 4.79 Å². The van der Waals surface area contributed by atoms with Crippen LogP contribution < -0.4 is 0 Å². The summed E-state index contributed by atoms with van der Waals surface area (Å²) in [5, 5.41) is 0. The maximum atomic E-state index is 11.4. The number of Topliss-reactive ketones (excluding diaryl/α,β-unsaturated/α-hetero) is 1. The highest BCUT2D eigenvalue weighted by molar-refractivity contribution is 5.79. The van der Waals surface area contributed by atoms with Gasteiger partial charge in [0.15, 0.2) is 0 Å². The molecule has 2 fully saturated rings. The van der Waals surface area contributed by atoms with E-state index < -0.39 is 0 Å². The van der Waals surface area contributed by atoms with E-state index >= 15 is 0 Å². The lowest BCUT2D eigenvalue weighted by molar-refractivity contribution is -0.125. The summed E-state index contributed by atoms with van der Waals surface area (Å²) >= 11 is 0. The summed E-state index contributed by atoms with van der Waals surface area (Å²) in [6, 6.07) is 1.16. The second-order valence-corrected chi connectivity index (χ2v) is 6.33. The number of likely N-dealkylation sites (tertiary alicyclic amines) is 1. The molecule has 0 aromatic heterocycles. The van der Waals surface area contributed by atoms with Crippen LogP contribution in [-0.2, 0) is 4.79 Å². The second kappa shape index (κ2) is 4.48. The number of piperidine rings is 1. The van der Waals surface area contributed by atoms with Crippen molar-refractivity contribution in [2.75, 3.05) is 6.54 Å². The van der Waals surface area contributed by atoms with Crippen LogP contribution in [0.1, 0.15) is 59.3 Å². The maximum Gasteiger partial charge on any atom is 0.135 e. The Morgan fingerprint density at radius 2 is 2.06 bits per heavy atom. The van der Waals surface area contributed by atoms with Crippen molar-refractivity contribution >= 4 is 5.78 Å². The molecule has 92 valence electrons. The number of hydrogen-bond acceptors (Lipinski definition) is 2. The molecule has 0 N–H and O–H groups in total. The topological polar surface area (TPSA) is 20.3 Å². The number of nitrogens with zero attached hydrogens (tertiary/aromatic N) is 1. The molecule has 2 unspecified atom stereocenters. The van der Waals surface area contributed by atoms with Crippen LogP contribution in [0.15, 0.2) is 0 Å². The van der Waals surface area contributed by atoms with Crippen molar-refractivity contribution in [2.24, 2.45) is 5.41 Å². The molecule has 1 saturated heterocycles. The highest BCUT2D eigenvalue weighted by atomic mass is 16.1. The fourth-order valence-corrected chi connectivity index (χ4v) is 3.58. The van der Waals surface area contributed by atoms with Crippen LogP contribution in [-0.4, -0.2) is 29.3 Å². The molecule has 0 bridgehead atoms. The fourth-order valence-electron chi connectivity index (χ4n) is 3.58. The van der Waals surface area contributed by atoms with E-state index in [2.05, 4.69) is 25.7 Å². The molecule has 1 saturated carbocycles. The molecule has 2 rings (SSSR count). The molecule has 2 heteroatoms. The van der Waals surface area contributed by atoms with Gasteiger partial charge in [-0.25, -0.2) is 0 Å².